The van der Waals surface area contributed by atoms with Gasteiger partial charge in [0.1, 0.15) is 6.04 Å². The number of carbonyl (C=O) groups excluding carboxylic acids is 1. The van der Waals surface area contributed by atoms with Gasteiger partial charge in [-0.05, 0) is 34.4 Å². The fourth-order valence-corrected chi connectivity index (χ4v) is 2.31. The molecule has 1 amide bonds. The monoisotopic (exact) mass is 239 g/mol. The van der Waals surface area contributed by atoms with Crippen LogP contribution in [-0.4, -0.2) is 61.0 Å². The van der Waals surface area contributed by atoms with Crippen LogP contribution in [0.1, 0.15) is 20.3 Å². The molecule has 1 aliphatic heterocycles. The van der Waals surface area contributed by atoms with E-state index in [9.17, 15) is 4.79 Å². The maximum absolute atomic E-state index is 12.5. The van der Waals surface area contributed by atoms with E-state index in [4.69, 9.17) is 0 Å². The molecule has 0 aromatic carbocycles. The molecule has 0 spiro atoms. The molecule has 0 aromatic rings. The molecular weight excluding hydrogens is 214 g/mol. The summed E-state index contributed by atoms with van der Waals surface area (Å²) in [7, 11) is 3.91. The summed E-state index contributed by atoms with van der Waals surface area (Å²) in [6.07, 6.45) is 2.80. The zero-order valence-corrected chi connectivity index (χ0v) is 11.5. The summed E-state index contributed by atoms with van der Waals surface area (Å²) >= 11 is 0. The van der Waals surface area contributed by atoms with Gasteiger partial charge in [-0.25, -0.2) is 0 Å². The molecule has 1 saturated heterocycles. The lowest BCUT2D eigenvalue weighted by Crippen LogP contribution is -2.53. The highest BCUT2D eigenvalue weighted by Gasteiger charge is 2.38. The molecule has 4 nitrogen and oxygen atoms in total. The molecule has 0 saturated carbocycles. The van der Waals surface area contributed by atoms with Crippen LogP contribution in [0.2, 0.25) is 0 Å². The van der Waals surface area contributed by atoms with Gasteiger partial charge in [0.2, 0.25) is 5.91 Å². The van der Waals surface area contributed by atoms with Crippen molar-refractivity contribution in [2.24, 2.45) is 0 Å². The molecule has 17 heavy (non-hydrogen) atoms. The first-order valence-electron chi connectivity index (χ1n) is 6.21. The summed E-state index contributed by atoms with van der Waals surface area (Å²) in [5.41, 5.74) is -0.0952. The molecule has 0 aliphatic carbocycles. The van der Waals surface area contributed by atoms with Crippen molar-refractivity contribution in [3.05, 3.63) is 12.7 Å². The minimum absolute atomic E-state index is 0.0678. The van der Waals surface area contributed by atoms with Crippen LogP contribution in [0.3, 0.4) is 0 Å². The highest BCUT2D eigenvalue weighted by Crippen LogP contribution is 2.24. The lowest BCUT2D eigenvalue weighted by atomic mass is 9.98. The normalized spacial score (nSPS) is 25.8. The fourth-order valence-electron chi connectivity index (χ4n) is 2.31. The Morgan fingerprint density at radius 3 is 2.76 bits per heavy atom. The summed E-state index contributed by atoms with van der Waals surface area (Å²) < 4.78 is 0. The van der Waals surface area contributed by atoms with Crippen LogP contribution in [0, 0.1) is 0 Å². The summed E-state index contributed by atoms with van der Waals surface area (Å²) in [6, 6.07) is -0.0678. The van der Waals surface area contributed by atoms with Gasteiger partial charge < -0.3 is 10.2 Å². The second kappa shape index (κ2) is 5.65. The van der Waals surface area contributed by atoms with E-state index < -0.39 is 0 Å². The topological polar surface area (TPSA) is 35.6 Å². The van der Waals surface area contributed by atoms with Crippen LogP contribution in [0.25, 0.3) is 0 Å². The van der Waals surface area contributed by atoms with Gasteiger partial charge in [-0.15, -0.1) is 6.58 Å². The summed E-state index contributed by atoms with van der Waals surface area (Å²) in [5, 5.41) is 3.10. The summed E-state index contributed by atoms with van der Waals surface area (Å²) in [5.74, 6) is 0.198. The zero-order valence-electron chi connectivity index (χ0n) is 11.5. The highest BCUT2D eigenvalue weighted by molar-refractivity contribution is 5.83. The van der Waals surface area contributed by atoms with E-state index in [1.165, 1.54) is 0 Å². The number of nitrogens with one attached hydrogen (secondary N) is 1. The van der Waals surface area contributed by atoms with Crippen molar-refractivity contribution in [3.63, 3.8) is 0 Å². The van der Waals surface area contributed by atoms with Gasteiger partial charge in [-0.3, -0.25) is 9.69 Å². The quantitative estimate of drug-likeness (QED) is 0.734. The SMILES string of the molecule is C=CCN1C(=O)C(CNC)N(C)CCC1(C)C. The molecule has 0 bridgehead atoms. The molecule has 1 unspecified atom stereocenters. The van der Waals surface area contributed by atoms with Crippen molar-refractivity contribution in [1.82, 2.24) is 15.1 Å². The van der Waals surface area contributed by atoms with Gasteiger partial charge in [0, 0.05) is 25.2 Å². The molecular formula is C13H25N3O. The van der Waals surface area contributed by atoms with E-state index in [0.717, 1.165) is 13.0 Å². The van der Waals surface area contributed by atoms with E-state index >= 15 is 0 Å². The predicted molar refractivity (Wildman–Crippen MR) is 71.0 cm³/mol. The van der Waals surface area contributed by atoms with Gasteiger partial charge in [0.15, 0.2) is 0 Å². The molecule has 0 aromatic heterocycles. The Bertz CT molecular complexity index is 288. The Morgan fingerprint density at radius 2 is 2.24 bits per heavy atom. The largest absolute Gasteiger partial charge is 0.332 e. The Hall–Kier alpha value is -0.870. The number of hydrogen-bond acceptors (Lipinski definition) is 3. The number of hydrogen-bond donors (Lipinski definition) is 1. The molecule has 1 atom stereocenters. The van der Waals surface area contributed by atoms with Crippen LogP contribution < -0.4 is 5.32 Å². The zero-order chi connectivity index (χ0) is 13.1. The van der Waals surface area contributed by atoms with Crippen molar-refractivity contribution in [1.29, 1.82) is 0 Å². The van der Waals surface area contributed by atoms with E-state index in [1.807, 2.05) is 19.0 Å². The van der Waals surface area contributed by atoms with E-state index in [1.54, 1.807) is 6.08 Å². The molecule has 4 heteroatoms. The van der Waals surface area contributed by atoms with Crippen molar-refractivity contribution in [2.45, 2.75) is 31.8 Å². The van der Waals surface area contributed by atoms with E-state index in [0.29, 0.717) is 13.1 Å². The maximum atomic E-state index is 12.5. The number of likely N-dealkylation sites (N-methyl/N-ethyl adjacent to an activating group) is 2. The second-order valence-corrected chi connectivity index (χ2v) is 5.35. The molecule has 1 heterocycles. The third-order valence-corrected chi connectivity index (χ3v) is 3.60. The number of rotatable bonds is 4. The van der Waals surface area contributed by atoms with Crippen molar-refractivity contribution < 1.29 is 4.79 Å². The first-order valence-corrected chi connectivity index (χ1v) is 6.21. The first-order chi connectivity index (χ1) is 7.94. The van der Waals surface area contributed by atoms with Gasteiger partial charge in [0.05, 0.1) is 0 Å². The second-order valence-electron chi connectivity index (χ2n) is 5.35. The van der Waals surface area contributed by atoms with E-state index in [-0.39, 0.29) is 17.5 Å². The van der Waals surface area contributed by atoms with Gasteiger partial charge in [-0.1, -0.05) is 6.08 Å². The van der Waals surface area contributed by atoms with Crippen LogP contribution in [0.15, 0.2) is 12.7 Å². The van der Waals surface area contributed by atoms with Crippen molar-refractivity contribution >= 4 is 5.91 Å². The van der Waals surface area contributed by atoms with Gasteiger partial charge >= 0.3 is 0 Å². The first kappa shape index (κ1) is 14.2. The Labute approximate surface area is 105 Å². The number of nitrogens with zero attached hydrogens (tertiary/aromatic N) is 2. The Kier molecular flexibility index (Phi) is 4.71. The molecule has 1 aliphatic rings. The Balaban J connectivity index is 2.97. The molecule has 1 rings (SSSR count). The fraction of sp³-hybridized carbons (Fsp3) is 0.769. The minimum atomic E-state index is -0.0952. The third-order valence-electron chi connectivity index (χ3n) is 3.60. The number of amides is 1. The Morgan fingerprint density at radius 1 is 1.59 bits per heavy atom. The molecule has 1 fully saturated rings. The standard InChI is InChI=1S/C13H25N3O/c1-6-8-16-12(17)11(10-14-4)15(5)9-7-13(16,2)3/h6,11,14H,1,7-10H2,2-5H3. The van der Waals surface area contributed by atoms with Crippen molar-refractivity contribution in [2.75, 3.05) is 33.7 Å². The van der Waals surface area contributed by atoms with Gasteiger partial charge in [-0.2, -0.15) is 0 Å². The van der Waals surface area contributed by atoms with Crippen LogP contribution in [0.4, 0.5) is 0 Å². The van der Waals surface area contributed by atoms with Crippen LogP contribution >= 0.6 is 0 Å². The highest BCUT2D eigenvalue weighted by atomic mass is 16.2. The summed E-state index contributed by atoms with van der Waals surface area (Å²) in [4.78, 5) is 16.6. The maximum Gasteiger partial charge on any atom is 0.241 e. The van der Waals surface area contributed by atoms with Crippen LogP contribution in [0.5, 0.6) is 0 Å². The molecule has 98 valence electrons. The molecule has 1 N–H and O–H groups in total. The summed E-state index contributed by atoms with van der Waals surface area (Å²) in [6.45, 7) is 10.3. The molecule has 0 radical (unpaired) electrons. The average Bonchev–Trinajstić information content (AvgIpc) is 2.34. The minimum Gasteiger partial charge on any atom is -0.332 e. The smallest absolute Gasteiger partial charge is 0.241 e. The predicted octanol–water partition coefficient (Wildman–Crippen LogP) is 0.703. The number of carbonyl (C=O) groups is 1. The average molecular weight is 239 g/mol. The lowest BCUT2D eigenvalue weighted by Gasteiger charge is -2.37. The lowest BCUT2D eigenvalue weighted by molar-refractivity contribution is -0.138. The third kappa shape index (κ3) is 3.07. The van der Waals surface area contributed by atoms with E-state index in [2.05, 4.69) is 30.6 Å². The van der Waals surface area contributed by atoms with Crippen LogP contribution in [-0.2, 0) is 4.79 Å². The van der Waals surface area contributed by atoms with Gasteiger partial charge in [0.25, 0.3) is 0 Å². The van der Waals surface area contributed by atoms with Crippen molar-refractivity contribution in [3.8, 4) is 0 Å².